The summed E-state index contributed by atoms with van der Waals surface area (Å²) in [4.78, 5) is 1.23. The van der Waals surface area contributed by atoms with Crippen LogP contribution in [0.4, 0.5) is 14.5 Å². The molecule has 3 N–H and O–H groups in total. The zero-order valence-electron chi connectivity index (χ0n) is 11.4. The number of benzene rings is 1. The number of nitrogens with two attached hydrogens (primary N) is 1. The third kappa shape index (κ3) is 3.39. The van der Waals surface area contributed by atoms with Crippen molar-refractivity contribution >= 4 is 27.0 Å². The molecular formula is C13H14F2N2O2S2. The minimum Gasteiger partial charge on any atom is -0.396 e. The van der Waals surface area contributed by atoms with Gasteiger partial charge in [-0.15, -0.1) is 11.3 Å². The predicted molar refractivity (Wildman–Crippen MR) is 78.6 cm³/mol. The largest absolute Gasteiger partial charge is 0.396 e. The van der Waals surface area contributed by atoms with Gasteiger partial charge in [-0.05, 0) is 31.5 Å². The summed E-state index contributed by atoms with van der Waals surface area (Å²) in [7, 11) is -4.10. The van der Waals surface area contributed by atoms with Crippen LogP contribution in [0.3, 0.4) is 0 Å². The maximum atomic E-state index is 13.6. The highest BCUT2D eigenvalue weighted by atomic mass is 32.2. The van der Waals surface area contributed by atoms with Gasteiger partial charge in [-0.2, -0.15) is 0 Å². The van der Waals surface area contributed by atoms with Gasteiger partial charge in [-0.25, -0.2) is 21.9 Å². The number of hydrogen-bond donors (Lipinski definition) is 2. The van der Waals surface area contributed by atoms with Crippen LogP contribution in [-0.2, 0) is 16.6 Å². The highest BCUT2D eigenvalue weighted by molar-refractivity contribution is 7.89. The zero-order chi connectivity index (χ0) is 15.8. The van der Waals surface area contributed by atoms with Gasteiger partial charge in [-0.1, -0.05) is 0 Å². The quantitative estimate of drug-likeness (QED) is 0.846. The van der Waals surface area contributed by atoms with Crippen LogP contribution in [0.5, 0.6) is 0 Å². The van der Waals surface area contributed by atoms with Gasteiger partial charge in [0.15, 0.2) is 0 Å². The molecule has 0 bridgehead atoms. The van der Waals surface area contributed by atoms with E-state index in [4.69, 9.17) is 5.73 Å². The molecule has 2 aromatic rings. The Morgan fingerprint density at radius 2 is 1.86 bits per heavy atom. The van der Waals surface area contributed by atoms with Gasteiger partial charge in [0.25, 0.3) is 0 Å². The van der Waals surface area contributed by atoms with Crippen molar-refractivity contribution in [2.45, 2.75) is 25.3 Å². The third-order valence-electron chi connectivity index (χ3n) is 2.99. The molecular weight excluding hydrogens is 318 g/mol. The maximum absolute atomic E-state index is 13.6. The Hall–Kier alpha value is -1.51. The summed E-state index contributed by atoms with van der Waals surface area (Å²) in [6, 6.07) is 3.10. The van der Waals surface area contributed by atoms with E-state index < -0.39 is 32.2 Å². The summed E-state index contributed by atoms with van der Waals surface area (Å²) in [5.41, 5.74) is 5.93. The molecule has 2 rings (SSSR count). The summed E-state index contributed by atoms with van der Waals surface area (Å²) < 4.78 is 53.1. The molecule has 0 unspecified atom stereocenters. The number of rotatable bonds is 4. The molecule has 1 heterocycles. The second-order valence-electron chi connectivity index (χ2n) is 4.58. The van der Waals surface area contributed by atoms with E-state index in [1.165, 1.54) is 11.3 Å². The summed E-state index contributed by atoms with van der Waals surface area (Å²) in [5.74, 6) is -2.16. The van der Waals surface area contributed by atoms with E-state index in [0.717, 1.165) is 21.4 Å². The first-order chi connectivity index (χ1) is 9.70. The number of thiophene rings is 1. The van der Waals surface area contributed by atoms with Crippen molar-refractivity contribution in [1.29, 1.82) is 0 Å². The predicted octanol–water partition coefficient (Wildman–Crippen LogP) is 2.70. The van der Waals surface area contributed by atoms with Crippen molar-refractivity contribution in [2.75, 3.05) is 5.73 Å². The van der Waals surface area contributed by atoms with Crippen LogP contribution in [0.25, 0.3) is 0 Å². The average Bonchev–Trinajstić information content (AvgIpc) is 2.71. The molecule has 0 aliphatic heterocycles. The maximum Gasteiger partial charge on any atom is 0.243 e. The molecule has 8 heteroatoms. The summed E-state index contributed by atoms with van der Waals surface area (Å²) in [5, 5.41) is 0. The van der Waals surface area contributed by atoms with Gasteiger partial charge in [0, 0.05) is 22.4 Å². The Kier molecular flexibility index (Phi) is 4.31. The number of aryl methyl sites for hydroxylation is 2. The van der Waals surface area contributed by atoms with E-state index in [1.54, 1.807) is 0 Å². The van der Waals surface area contributed by atoms with E-state index in [-0.39, 0.29) is 6.54 Å². The molecule has 1 aromatic carbocycles. The minimum atomic E-state index is -4.10. The van der Waals surface area contributed by atoms with E-state index in [1.807, 2.05) is 19.9 Å². The number of anilines is 1. The molecule has 0 fully saturated rings. The molecule has 21 heavy (non-hydrogen) atoms. The summed E-state index contributed by atoms with van der Waals surface area (Å²) >= 11 is 1.45. The lowest BCUT2D eigenvalue weighted by atomic mass is 10.3. The smallest absolute Gasteiger partial charge is 0.243 e. The third-order valence-corrected chi connectivity index (χ3v) is 5.56. The first-order valence-electron chi connectivity index (χ1n) is 6.01. The normalized spacial score (nSPS) is 11.8. The molecule has 0 atom stereocenters. The van der Waals surface area contributed by atoms with Crippen molar-refractivity contribution in [3.8, 4) is 0 Å². The number of halogens is 2. The molecule has 0 amide bonds. The van der Waals surface area contributed by atoms with Crippen molar-refractivity contribution < 1.29 is 17.2 Å². The number of sulfonamides is 1. The fourth-order valence-corrected chi connectivity index (χ4v) is 3.91. The Balaban J connectivity index is 2.24. The van der Waals surface area contributed by atoms with Crippen LogP contribution in [0.2, 0.25) is 0 Å². The Morgan fingerprint density at radius 1 is 1.19 bits per heavy atom. The number of nitrogens with one attached hydrogen (secondary N) is 1. The molecule has 1 aromatic heterocycles. The van der Waals surface area contributed by atoms with Crippen molar-refractivity contribution in [3.05, 3.63) is 45.2 Å². The first kappa shape index (κ1) is 15.9. The van der Waals surface area contributed by atoms with E-state index in [2.05, 4.69) is 4.72 Å². The molecule has 0 radical (unpaired) electrons. The SMILES string of the molecule is Cc1cc(CNS(=O)(=O)c2cc(N)c(F)cc2F)sc1C. The second-order valence-corrected chi connectivity index (χ2v) is 7.66. The molecule has 4 nitrogen and oxygen atoms in total. The van der Waals surface area contributed by atoms with Gasteiger partial charge in [0.2, 0.25) is 10.0 Å². The fraction of sp³-hybridized carbons (Fsp3) is 0.231. The summed E-state index contributed by atoms with van der Waals surface area (Å²) in [6.07, 6.45) is 0. The van der Waals surface area contributed by atoms with E-state index in [9.17, 15) is 17.2 Å². The van der Waals surface area contributed by atoms with Crippen molar-refractivity contribution in [2.24, 2.45) is 0 Å². The Bertz CT molecular complexity index is 766. The van der Waals surface area contributed by atoms with Crippen LogP contribution in [-0.4, -0.2) is 8.42 Å². The average molecular weight is 332 g/mol. The lowest BCUT2D eigenvalue weighted by Crippen LogP contribution is -2.24. The second kappa shape index (κ2) is 5.70. The molecule has 114 valence electrons. The molecule has 0 aliphatic carbocycles. The lowest BCUT2D eigenvalue weighted by molar-refractivity contribution is 0.544. The van der Waals surface area contributed by atoms with E-state index >= 15 is 0 Å². The minimum absolute atomic E-state index is 0.0401. The topological polar surface area (TPSA) is 72.2 Å². The monoisotopic (exact) mass is 332 g/mol. The van der Waals surface area contributed by atoms with Crippen LogP contribution in [0.1, 0.15) is 15.3 Å². The summed E-state index contributed by atoms with van der Waals surface area (Å²) in [6.45, 7) is 3.89. The van der Waals surface area contributed by atoms with Gasteiger partial charge >= 0.3 is 0 Å². The zero-order valence-corrected chi connectivity index (χ0v) is 13.0. The van der Waals surface area contributed by atoms with Crippen LogP contribution < -0.4 is 10.5 Å². The van der Waals surface area contributed by atoms with Gasteiger partial charge in [0.1, 0.15) is 16.5 Å². The van der Waals surface area contributed by atoms with E-state index in [0.29, 0.717) is 6.07 Å². The van der Waals surface area contributed by atoms with Crippen LogP contribution in [0, 0.1) is 25.5 Å². The lowest BCUT2D eigenvalue weighted by Gasteiger charge is -2.08. The molecule has 0 saturated carbocycles. The number of nitrogen functional groups attached to an aromatic ring is 1. The fourth-order valence-electron chi connectivity index (χ4n) is 1.73. The Labute approximate surface area is 125 Å². The van der Waals surface area contributed by atoms with Crippen LogP contribution >= 0.6 is 11.3 Å². The highest BCUT2D eigenvalue weighted by Crippen LogP contribution is 2.23. The van der Waals surface area contributed by atoms with Crippen molar-refractivity contribution in [1.82, 2.24) is 4.72 Å². The van der Waals surface area contributed by atoms with Crippen LogP contribution in [0.15, 0.2) is 23.1 Å². The molecule has 0 saturated heterocycles. The van der Waals surface area contributed by atoms with Gasteiger partial charge < -0.3 is 5.73 Å². The first-order valence-corrected chi connectivity index (χ1v) is 8.31. The molecule has 0 spiro atoms. The highest BCUT2D eigenvalue weighted by Gasteiger charge is 2.21. The van der Waals surface area contributed by atoms with Gasteiger partial charge in [-0.3, -0.25) is 0 Å². The van der Waals surface area contributed by atoms with Crippen molar-refractivity contribution in [3.63, 3.8) is 0 Å². The standard InChI is InChI=1S/C13H14F2N2O2S2/c1-7-3-9(20-8(7)2)6-17-21(18,19)13-5-12(16)10(14)4-11(13)15/h3-5,17H,6,16H2,1-2H3. The van der Waals surface area contributed by atoms with Gasteiger partial charge in [0.05, 0.1) is 5.69 Å². The number of hydrogen-bond acceptors (Lipinski definition) is 4. The molecule has 0 aliphatic rings. The Morgan fingerprint density at radius 3 is 2.43 bits per heavy atom.